The first-order valence-electron chi connectivity index (χ1n) is 12.1. The quantitative estimate of drug-likeness (QED) is 0.270. The number of benzene rings is 2. The average Bonchev–Trinajstić information content (AvgIpc) is 3.35. The van der Waals surface area contributed by atoms with Crippen LogP contribution < -0.4 is 4.74 Å². The number of carboxylic acid groups (broad SMARTS) is 2. The lowest BCUT2D eigenvalue weighted by atomic mass is 10.0. The van der Waals surface area contributed by atoms with E-state index in [2.05, 4.69) is 4.90 Å². The van der Waals surface area contributed by atoms with Crippen molar-refractivity contribution < 1.29 is 29.3 Å². The predicted octanol–water partition coefficient (Wildman–Crippen LogP) is 5.08. The molecule has 7 nitrogen and oxygen atoms in total. The first-order valence-corrected chi connectivity index (χ1v) is 12.1. The van der Waals surface area contributed by atoms with Crippen molar-refractivity contribution in [2.75, 3.05) is 26.2 Å². The highest BCUT2D eigenvalue weighted by Crippen LogP contribution is 2.26. The van der Waals surface area contributed by atoms with Crippen LogP contribution >= 0.6 is 0 Å². The normalized spacial score (nSPS) is 13.5. The summed E-state index contributed by atoms with van der Waals surface area (Å²) in [5.41, 5.74) is 4.99. The minimum absolute atomic E-state index is 0.0232. The van der Waals surface area contributed by atoms with Gasteiger partial charge in [0.1, 0.15) is 5.75 Å². The fraction of sp³-hybridized carbons (Fsp3) is 0.345. The molecule has 0 spiro atoms. The molecule has 36 heavy (non-hydrogen) atoms. The van der Waals surface area contributed by atoms with Crippen molar-refractivity contribution in [1.29, 1.82) is 0 Å². The molecular formula is C29H35NO6. The summed E-state index contributed by atoms with van der Waals surface area (Å²) in [4.78, 5) is 34.2. The van der Waals surface area contributed by atoms with Crippen LogP contribution in [-0.2, 0) is 9.59 Å². The van der Waals surface area contributed by atoms with Crippen LogP contribution in [0.1, 0.15) is 51.9 Å². The number of carbonyl (C=O) groups excluding carboxylic acids is 1. The molecule has 3 rings (SSSR count). The van der Waals surface area contributed by atoms with E-state index in [9.17, 15) is 14.4 Å². The third kappa shape index (κ3) is 9.88. The van der Waals surface area contributed by atoms with E-state index in [0.717, 1.165) is 47.6 Å². The van der Waals surface area contributed by atoms with Crippen LogP contribution in [0, 0.1) is 20.8 Å². The van der Waals surface area contributed by atoms with E-state index in [1.807, 2.05) is 63.2 Å². The Bertz CT molecular complexity index is 1070. The van der Waals surface area contributed by atoms with E-state index >= 15 is 0 Å². The number of carbonyl (C=O) groups is 3. The average molecular weight is 494 g/mol. The molecule has 2 aromatic carbocycles. The van der Waals surface area contributed by atoms with Crippen LogP contribution in [0.3, 0.4) is 0 Å². The summed E-state index contributed by atoms with van der Waals surface area (Å²) in [5.74, 6) is -1.57. The molecule has 0 unspecified atom stereocenters. The van der Waals surface area contributed by atoms with Crippen molar-refractivity contribution in [2.45, 2.75) is 40.0 Å². The van der Waals surface area contributed by atoms with Crippen LogP contribution in [0.25, 0.3) is 6.08 Å². The molecule has 0 atom stereocenters. The third-order valence-electron chi connectivity index (χ3n) is 5.78. The second kappa shape index (κ2) is 14.6. The fourth-order valence-corrected chi connectivity index (χ4v) is 3.97. The third-order valence-corrected chi connectivity index (χ3v) is 5.78. The Balaban J connectivity index is 0.000000493. The number of aliphatic carboxylic acids is 2. The molecule has 1 heterocycles. The van der Waals surface area contributed by atoms with Gasteiger partial charge in [-0.05, 0) is 93.6 Å². The monoisotopic (exact) mass is 493 g/mol. The van der Waals surface area contributed by atoms with Crippen LogP contribution in [-0.4, -0.2) is 59.1 Å². The first kappa shape index (κ1) is 28.5. The lowest BCUT2D eigenvalue weighted by Crippen LogP contribution is -2.22. The molecule has 1 aliphatic rings. The largest absolute Gasteiger partial charge is 0.493 e. The van der Waals surface area contributed by atoms with Gasteiger partial charge in [0.05, 0.1) is 6.61 Å². The smallest absolute Gasteiger partial charge is 0.328 e. The Kier molecular flexibility index (Phi) is 11.6. The highest BCUT2D eigenvalue weighted by molar-refractivity contribution is 6.07. The molecule has 1 aliphatic heterocycles. The Morgan fingerprint density at radius 3 is 2.03 bits per heavy atom. The van der Waals surface area contributed by atoms with Crippen LogP contribution in [0.15, 0.2) is 54.6 Å². The number of rotatable bonds is 10. The molecule has 0 bridgehead atoms. The molecule has 1 fully saturated rings. The molecule has 2 N–H and O–H groups in total. The highest BCUT2D eigenvalue weighted by atomic mass is 16.5. The maximum Gasteiger partial charge on any atom is 0.328 e. The van der Waals surface area contributed by atoms with Crippen molar-refractivity contribution >= 4 is 23.8 Å². The van der Waals surface area contributed by atoms with Gasteiger partial charge >= 0.3 is 11.9 Å². The van der Waals surface area contributed by atoms with Crippen molar-refractivity contribution in [1.82, 2.24) is 4.90 Å². The molecule has 2 aromatic rings. The van der Waals surface area contributed by atoms with Gasteiger partial charge in [-0.3, -0.25) is 4.79 Å². The van der Waals surface area contributed by atoms with Gasteiger partial charge in [0.2, 0.25) is 0 Å². The number of allylic oxidation sites excluding steroid dienone is 1. The van der Waals surface area contributed by atoms with Crippen molar-refractivity contribution in [3.8, 4) is 5.75 Å². The van der Waals surface area contributed by atoms with E-state index < -0.39 is 11.9 Å². The number of nitrogens with zero attached hydrogens (tertiary/aromatic N) is 1. The molecule has 0 aliphatic carbocycles. The number of ether oxygens (including phenoxy) is 1. The second-order valence-electron chi connectivity index (χ2n) is 8.75. The van der Waals surface area contributed by atoms with Crippen molar-refractivity contribution in [3.05, 3.63) is 82.4 Å². The molecule has 0 radical (unpaired) electrons. The van der Waals surface area contributed by atoms with Gasteiger partial charge in [-0.25, -0.2) is 9.59 Å². The summed E-state index contributed by atoms with van der Waals surface area (Å²) in [5, 5.41) is 15.6. The fourth-order valence-electron chi connectivity index (χ4n) is 3.97. The molecule has 0 aromatic heterocycles. The predicted molar refractivity (Wildman–Crippen MR) is 141 cm³/mol. The van der Waals surface area contributed by atoms with Crippen LogP contribution in [0.4, 0.5) is 0 Å². The Morgan fingerprint density at radius 2 is 1.47 bits per heavy atom. The number of likely N-dealkylation sites (tertiary alicyclic amines) is 1. The summed E-state index contributed by atoms with van der Waals surface area (Å²) < 4.78 is 6.05. The Labute approximate surface area is 212 Å². The van der Waals surface area contributed by atoms with Gasteiger partial charge in [-0.2, -0.15) is 0 Å². The first-order chi connectivity index (χ1) is 17.2. The summed E-state index contributed by atoms with van der Waals surface area (Å²) in [6.07, 6.45) is 8.36. The second-order valence-corrected chi connectivity index (χ2v) is 8.75. The molecule has 0 amide bonds. The molecule has 0 saturated carbocycles. The molecular weight excluding hydrogens is 458 g/mol. The van der Waals surface area contributed by atoms with E-state index in [0.29, 0.717) is 17.7 Å². The zero-order valence-corrected chi connectivity index (χ0v) is 21.2. The Hall–Kier alpha value is -3.71. The van der Waals surface area contributed by atoms with Crippen LogP contribution in [0.5, 0.6) is 5.75 Å². The number of ketones is 1. The van der Waals surface area contributed by atoms with Gasteiger partial charge in [-0.1, -0.05) is 30.3 Å². The maximum absolute atomic E-state index is 12.6. The van der Waals surface area contributed by atoms with E-state index in [4.69, 9.17) is 14.9 Å². The highest BCUT2D eigenvalue weighted by Gasteiger charge is 2.12. The molecule has 1 saturated heterocycles. The van der Waals surface area contributed by atoms with Crippen LogP contribution in [0.2, 0.25) is 0 Å². The standard InChI is InChI=1S/C25H31NO2.C4H4O4/c1-19-9-4-5-10-22(19)11-12-24(27)23-17-20(2)25(21(3)18-23)28-16-8-15-26-13-6-7-14-26;5-3(6)1-2-4(7)8/h4-5,9-12,17-18H,6-8,13-16H2,1-3H3;1-2H,(H,5,6)(H,7,8)/b;2-1+. The maximum atomic E-state index is 12.6. The number of hydrogen-bond acceptors (Lipinski definition) is 5. The molecule has 192 valence electrons. The number of aryl methyl sites for hydroxylation is 3. The zero-order chi connectivity index (χ0) is 26.5. The summed E-state index contributed by atoms with van der Waals surface area (Å²) in [6.45, 7) is 10.4. The number of hydrogen-bond donors (Lipinski definition) is 2. The van der Waals surface area contributed by atoms with E-state index in [1.54, 1.807) is 6.08 Å². The van der Waals surface area contributed by atoms with Gasteiger partial charge in [-0.15, -0.1) is 0 Å². The van der Waals surface area contributed by atoms with Gasteiger partial charge < -0.3 is 19.8 Å². The van der Waals surface area contributed by atoms with E-state index in [1.165, 1.54) is 25.9 Å². The van der Waals surface area contributed by atoms with Crippen molar-refractivity contribution in [3.63, 3.8) is 0 Å². The van der Waals surface area contributed by atoms with Crippen molar-refractivity contribution in [2.24, 2.45) is 0 Å². The van der Waals surface area contributed by atoms with Gasteiger partial charge in [0, 0.05) is 24.3 Å². The summed E-state index contributed by atoms with van der Waals surface area (Å²) in [6, 6.07) is 11.9. The molecule has 7 heteroatoms. The number of carboxylic acids is 2. The SMILES string of the molecule is Cc1ccccc1C=CC(=O)c1cc(C)c(OCCCN2CCCC2)c(C)c1.O=C(O)/C=C/C(=O)O. The lowest BCUT2D eigenvalue weighted by Gasteiger charge is -2.16. The minimum atomic E-state index is -1.26. The lowest BCUT2D eigenvalue weighted by molar-refractivity contribution is -0.134. The summed E-state index contributed by atoms with van der Waals surface area (Å²) in [7, 11) is 0. The topological polar surface area (TPSA) is 104 Å². The minimum Gasteiger partial charge on any atom is -0.493 e. The Morgan fingerprint density at radius 1 is 0.889 bits per heavy atom. The van der Waals surface area contributed by atoms with Gasteiger partial charge in [0.25, 0.3) is 0 Å². The summed E-state index contributed by atoms with van der Waals surface area (Å²) >= 11 is 0. The van der Waals surface area contributed by atoms with Gasteiger partial charge in [0.15, 0.2) is 5.78 Å². The zero-order valence-electron chi connectivity index (χ0n) is 21.2. The van der Waals surface area contributed by atoms with E-state index in [-0.39, 0.29) is 5.78 Å².